The molecule has 1 N–H and O–H groups in total. The van der Waals surface area contributed by atoms with Gasteiger partial charge in [0.2, 0.25) is 6.79 Å². The average molecular weight is 345 g/mol. The Morgan fingerprint density at radius 3 is 2.57 bits per heavy atom. The van der Waals surface area contributed by atoms with Crippen LogP contribution in [0.25, 0.3) is 12.2 Å². The van der Waals surface area contributed by atoms with E-state index in [4.69, 9.17) is 21.1 Å². The van der Waals surface area contributed by atoms with Crippen molar-refractivity contribution in [3.05, 3.63) is 50.7 Å². The second-order valence-corrected chi connectivity index (χ2v) is 4.99. The van der Waals surface area contributed by atoms with Crippen LogP contribution in [0.1, 0.15) is 17.0 Å². The summed E-state index contributed by atoms with van der Waals surface area (Å²) in [5.41, 5.74) is -1.91. The van der Waals surface area contributed by atoms with Crippen molar-refractivity contribution in [3.63, 3.8) is 0 Å². The predicted octanol–water partition coefficient (Wildman–Crippen LogP) is 3.34. The monoisotopic (exact) mass is 344 g/mol. The van der Waals surface area contributed by atoms with Gasteiger partial charge in [0, 0.05) is 6.07 Å². The molecular weight excluding hydrogens is 337 g/mol. The standard InChI is InChI=1S/C14H8ClF3N2O3/c15-9-5-11-10(22-6-23-11)3-7(9)1-2-8-4-12(14(16,17)18)20-13(21)19-8/h1-5H,6H2,(H,19,20,21). The molecule has 0 fully saturated rings. The summed E-state index contributed by atoms with van der Waals surface area (Å²) in [6.45, 7) is 0.0728. The number of nitrogens with one attached hydrogen (secondary N) is 1. The van der Waals surface area contributed by atoms with Gasteiger partial charge in [0.05, 0.1) is 10.7 Å². The number of rotatable bonds is 2. The number of H-pyrrole nitrogens is 1. The van der Waals surface area contributed by atoms with Crippen molar-refractivity contribution in [1.29, 1.82) is 0 Å². The lowest BCUT2D eigenvalue weighted by Crippen LogP contribution is -2.19. The Morgan fingerprint density at radius 1 is 1.17 bits per heavy atom. The van der Waals surface area contributed by atoms with E-state index in [9.17, 15) is 18.0 Å². The number of aromatic nitrogens is 2. The number of benzene rings is 1. The van der Waals surface area contributed by atoms with Gasteiger partial charge in [-0.25, -0.2) is 4.79 Å². The van der Waals surface area contributed by atoms with Crippen molar-refractivity contribution in [2.24, 2.45) is 0 Å². The number of nitrogens with zero attached hydrogens (tertiary/aromatic N) is 1. The molecular formula is C14H8ClF3N2O3. The summed E-state index contributed by atoms with van der Waals surface area (Å²) in [6.07, 6.45) is -1.97. The van der Waals surface area contributed by atoms with E-state index in [1.807, 2.05) is 0 Å². The molecule has 3 rings (SSSR count). The molecule has 0 bridgehead atoms. The lowest BCUT2D eigenvalue weighted by atomic mass is 10.1. The topological polar surface area (TPSA) is 64.2 Å². The van der Waals surface area contributed by atoms with Gasteiger partial charge in [0.25, 0.3) is 0 Å². The Bertz CT molecular complexity index is 846. The lowest BCUT2D eigenvalue weighted by Gasteiger charge is -2.06. The van der Waals surface area contributed by atoms with E-state index in [2.05, 4.69) is 4.98 Å². The van der Waals surface area contributed by atoms with E-state index in [0.29, 0.717) is 22.1 Å². The van der Waals surface area contributed by atoms with Gasteiger partial charge >= 0.3 is 11.9 Å². The second-order valence-electron chi connectivity index (χ2n) is 4.58. The highest BCUT2D eigenvalue weighted by Gasteiger charge is 2.32. The fourth-order valence-electron chi connectivity index (χ4n) is 1.95. The van der Waals surface area contributed by atoms with Gasteiger partial charge in [-0.05, 0) is 23.8 Å². The Hall–Kier alpha value is -2.48. The molecule has 23 heavy (non-hydrogen) atoms. The molecule has 1 aliphatic heterocycles. The maximum atomic E-state index is 12.7. The van der Waals surface area contributed by atoms with E-state index < -0.39 is 17.6 Å². The zero-order chi connectivity index (χ0) is 16.6. The SMILES string of the molecule is O=c1nc(C=Cc2cc3c(cc2Cl)OCO3)cc(C(F)(F)F)[nH]1. The van der Waals surface area contributed by atoms with Crippen LogP contribution in [0.15, 0.2) is 23.0 Å². The van der Waals surface area contributed by atoms with Crippen LogP contribution in [-0.4, -0.2) is 16.8 Å². The lowest BCUT2D eigenvalue weighted by molar-refractivity contribution is -0.141. The molecule has 0 atom stereocenters. The average Bonchev–Trinajstić information content (AvgIpc) is 2.90. The van der Waals surface area contributed by atoms with E-state index in [1.165, 1.54) is 18.2 Å². The molecule has 0 spiro atoms. The maximum Gasteiger partial charge on any atom is 0.431 e. The van der Waals surface area contributed by atoms with Gasteiger partial charge < -0.3 is 14.5 Å². The summed E-state index contributed by atoms with van der Waals surface area (Å²) < 4.78 is 48.3. The number of halogens is 4. The highest BCUT2D eigenvalue weighted by Crippen LogP contribution is 2.37. The summed E-state index contributed by atoms with van der Waals surface area (Å²) in [4.78, 5) is 16.3. The zero-order valence-corrected chi connectivity index (χ0v) is 12.0. The number of hydrogen-bond donors (Lipinski definition) is 1. The fourth-order valence-corrected chi connectivity index (χ4v) is 2.17. The molecule has 0 amide bonds. The molecule has 0 radical (unpaired) electrons. The van der Waals surface area contributed by atoms with Crippen LogP contribution >= 0.6 is 11.6 Å². The summed E-state index contributed by atoms with van der Waals surface area (Å²) >= 11 is 6.05. The van der Waals surface area contributed by atoms with Crippen LogP contribution in [0.2, 0.25) is 5.02 Å². The molecule has 0 saturated heterocycles. The number of fused-ring (bicyclic) bond motifs is 1. The Labute approximate surface area is 132 Å². The van der Waals surface area contributed by atoms with Crippen LogP contribution in [-0.2, 0) is 6.18 Å². The molecule has 0 unspecified atom stereocenters. The van der Waals surface area contributed by atoms with E-state index in [-0.39, 0.29) is 12.5 Å². The van der Waals surface area contributed by atoms with Crippen LogP contribution < -0.4 is 15.2 Å². The third-order valence-electron chi connectivity index (χ3n) is 3.00. The Kier molecular flexibility index (Phi) is 3.77. The first-order chi connectivity index (χ1) is 10.8. The predicted molar refractivity (Wildman–Crippen MR) is 76.4 cm³/mol. The third-order valence-corrected chi connectivity index (χ3v) is 3.32. The highest BCUT2D eigenvalue weighted by molar-refractivity contribution is 6.32. The van der Waals surface area contributed by atoms with Gasteiger partial charge in [-0.3, -0.25) is 0 Å². The van der Waals surface area contributed by atoms with Gasteiger partial charge in [-0.15, -0.1) is 0 Å². The molecule has 0 saturated carbocycles. The van der Waals surface area contributed by atoms with Crippen molar-refractivity contribution in [2.45, 2.75) is 6.18 Å². The number of alkyl halides is 3. The van der Waals surface area contributed by atoms with Crippen molar-refractivity contribution in [1.82, 2.24) is 9.97 Å². The number of ether oxygens (including phenoxy) is 2. The minimum atomic E-state index is -4.67. The normalized spacial score (nSPS) is 13.7. The molecule has 1 aromatic carbocycles. The molecule has 5 nitrogen and oxygen atoms in total. The highest BCUT2D eigenvalue weighted by atomic mass is 35.5. The summed E-state index contributed by atoms with van der Waals surface area (Å²) in [5.74, 6) is 0.963. The maximum absolute atomic E-state index is 12.7. The third kappa shape index (κ3) is 3.31. The smallest absolute Gasteiger partial charge is 0.431 e. The molecule has 2 aromatic rings. The number of aromatic amines is 1. The van der Waals surface area contributed by atoms with E-state index in [1.54, 1.807) is 11.1 Å². The fraction of sp³-hybridized carbons (Fsp3) is 0.143. The first-order valence-electron chi connectivity index (χ1n) is 6.29. The molecule has 0 aliphatic carbocycles. The number of hydrogen-bond acceptors (Lipinski definition) is 4. The van der Waals surface area contributed by atoms with Crippen LogP contribution in [0.5, 0.6) is 11.5 Å². The minimum absolute atomic E-state index is 0.0728. The molecule has 9 heteroatoms. The van der Waals surface area contributed by atoms with Crippen molar-refractivity contribution in [3.8, 4) is 11.5 Å². The van der Waals surface area contributed by atoms with Crippen LogP contribution in [0.4, 0.5) is 13.2 Å². The molecule has 2 heterocycles. The zero-order valence-electron chi connectivity index (χ0n) is 11.3. The quantitative estimate of drug-likeness (QED) is 0.907. The van der Waals surface area contributed by atoms with Crippen molar-refractivity contribution in [2.75, 3.05) is 6.79 Å². The first kappa shape index (κ1) is 15.4. The van der Waals surface area contributed by atoms with Gasteiger partial charge in [0.1, 0.15) is 5.69 Å². The summed E-state index contributed by atoms with van der Waals surface area (Å²) in [7, 11) is 0. The van der Waals surface area contributed by atoms with E-state index >= 15 is 0 Å². The van der Waals surface area contributed by atoms with Gasteiger partial charge in [-0.2, -0.15) is 18.2 Å². The van der Waals surface area contributed by atoms with Crippen LogP contribution in [0.3, 0.4) is 0 Å². The summed E-state index contributed by atoms with van der Waals surface area (Å²) in [5, 5.41) is 0.325. The van der Waals surface area contributed by atoms with Crippen LogP contribution in [0, 0.1) is 0 Å². The second kappa shape index (κ2) is 5.62. The largest absolute Gasteiger partial charge is 0.454 e. The van der Waals surface area contributed by atoms with Gasteiger partial charge in [0.15, 0.2) is 11.5 Å². The minimum Gasteiger partial charge on any atom is -0.454 e. The van der Waals surface area contributed by atoms with Gasteiger partial charge in [-0.1, -0.05) is 17.7 Å². The van der Waals surface area contributed by atoms with E-state index in [0.717, 1.165) is 6.07 Å². The molecule has 1 aromatic heterocycles. The van der Waals surface area contributed by atoms with Crippen molar-refractivity contribution >= 4 is 23.8 Å². The molecule has 120 valence electrons. The molecule has 1 aliphatic rings. The Morgan fingerprint density at radius 2 is 1.87 bits per heavy atom. The Balaban J connectivity index is 1.95. The first-order valence-corrected chi connectivity index (χ1v) is 6.66. The summed E-state index contributed by atoms with van der Waals surface area (Å²) in [6, 6.07) is 3.85. The van der Waals surface area contributed by atoms with Crippen molar-refractivity contribution < 1.29 is 22.6 Å².